The Morgan fingerprint density at radius 3 is 2.83 bits per heavy atom. The average molecular weight is 398 g/mol. The predicted molar refractivity (Wildman–Crippen MR) is 116 cm³/mol. The van der Waals surface area contributed by atoms with E-state index in [1.807, 2.05) is 73.7 Å². The van der Waals surface area contributed by atoms with Crippen molar-refractivity contribution in [1.29, 1.82) is 0 Å². The molecular weight excluding hydrogens is 376 g/mol. The second-order valence-corrected chi connectivity index (χ2v) is 7.63. The second-order valence-electron chi connectivity index (χ2n) is 7.63. The van der Waals surface area contributed by atoms with E-state index < -0.39 is 0 Å². The Morgan fingerprint density at radius 1 is 1.10 bits per heavy atom. The van der Waals surface area contributed by atoms with Crippen molar-refractivity contribution in [3.05, 3.63) is 78.2 Å². The molecule has 5 rings (SSSR count). The van der Waals surface area contributed by atoms with E-state index in [2.05, 4.69) is 15.5 Å². The van der Waals surface area contributed by atoms with E-state index >= 15 is 0 Å². The minimum Gasteiger partial charge on any atom is -0.337 e. The van der Waals surface area contributed by atoms with Crippen molar-refractivity contribution in [2.75, 3.05) is 11.9 Å². The zero-order valence-electron chi connectivity index (χ0n) is 16.7. The number of carbonyl (C=O) groups is 1. The van der Waals surface area contributed by atoms with E-state index in [0.29, 0.717) is 18.3 Å². The predicted octanol–water partition coefficient (Wildman–Crippen LogP) is 5.57. The van der Waals surface area contributed by atoms with Crippen LogP contribution >= 0.6 is 0 Å². The number of likely N-dealkylation sites (tertiary alicyclic amines) is 1. The van der Waals surface area contributed by atoms with E-state index in [9.17, 15) is 4.79 Å². The van der Waals surface area contributed by atoms with Gasteiger partial charge in [0.2, 0.25) is 11.7 Å². The molecule has 150 valence electrons. The van der Waals surface area contributed by atoms with Gasteiger partial charge in [0.05, 0.1) is 5.69 Å². The molecule has 2 heterocycles. The first-order chi connectivity index (χ1) is 14.7. The molecule has 0 unspecified atom stereocenters. The first-order valence-corrected chi connectivity index (χ1v) is 10.1. The number of carbonyl (C=O) groups excluding carboxylic acids is 1. The van der Waals surface area contributed by atoms with Crippen LogP contribution in [0.3, 0.4) is 0 Å². The maximum atomic E-state index is 13.1. The van der Waals surface area contributed by atoms with Crippen molar-refractivity contribution in [3.8, 4) is 11.4 Å². The number of nitrogens with one attached hydrogen (secondary N) is 1. The minimum atomic E-state index is -0.217. The van der Waals surface area contributed by atoms with Crippen molar-refractivity contribution in [1.82, 2.24) is 15.0 Å². The van der Waals surface area contributed by atoms with Gasteiger partial charge in [0, 0.05) is 17.5 Å². The number of fused-ring (bicyclic) bond motifs is 1. The van der Waals surface area contributed by atoms with Crippen LogP contribution in [0.15, 0.2) is 71.3 Å². The van der Waals surface area contributed by atoms with Crippen LogP contribution in [0.25, 0.3) is 22.2 Å². The Kier molecular flexibility index (Phi) is 4.67. The Labute approximate surface area is 174 Å². The highest BCUT2D eigenvalue weighted by molar-refractivity contribution is 6.01. The van der Waals surface area contributed by atoms with E-state index in [4.69, 9.17) is 4.52 Å². The Hall–Kier alpha value is -3.67. The molecule has 0 saturated carbocycles. The topological polar surface area (TPSA) is 71.3 Å². The molecule has 1 atom stereocenters. The largest absolute Gasteiger partial charge is 0.337 e. The fourth-order valence-electron chi connectivity index (χ4n) is 4.06. The molecule has 1 aliphatic rings. The van der Waals surface area contributed by atoms with Gasteiger partial charge in [-0.2, -0.15) is 4.98 Å². The smallest absolute Gasteiger partial charge is 0.322 e. The number of rotatable bonds is 3. The zero-order chi connectivity index (χ0) is 20.5. The Balaban J connectivity index is 1.38. The van der Waals surface area contributed by atoms with Crippen LogP contribution in [0.4, 0.5) is 10.5 Å². The maximum Gasteiger partial charge on any atom is 0.322 e. The Morgan fingerprint density at radius 2 is 1.93 bits per heavy atom. The lowest BCUT2D eigenvalue weighted by Crippen LogP contribution is -2.34. The number of aryl methyl sites for hydroxylation is 1. The summed E-state index contributed by atoms with van der Waals surface area (Å²) in [7, 11) is 0. The number of hydrogen-bond acceptors (Lipinski definition) is 4. The van der Waals surface area contributed by atoms with Crippen LogP contribution in [-0.2, 0) is 0 Å². The molecule has 2 amide bonds. The van der Waals surface area contributed by atoms with Gasteiger partial charge in [-0.05, 0) is 37.3 Å². The molecule has 6 heteroatoms. The molecule has 0 radical (unpaired) electrons. The summed E-state index contributed by atoms with van der Waals surface area (Å²) in [5, 5.41) is 9.32. The highest BCUT2D eigenvalue weighted by Crippen LogP contribution is 2.33. The van der Waals surface area contributed by atoms with Crippen LogP contribution in [0.1, 0.15) is 30.3 Å². The summed E-state index contributed by atoms with van der Waals surface area (Å²) in [4.78, 5) is 19.5. The monoisotopic (exact) mass is 398 g/mol. The van der Waals surface area contributed by atoms with Crippen LogP contribution in [0.5, 0.6) is 0 Å². The van der Waals surface area contributed by atoms with Gasteiger partial charge >= 0.3 is 6.03 Å². The zero-order valence-corrected chi connectivity index (χ0v) is 16.7. The number of hydrogen-bond donors (Lipinski definition) is 1. The van der Waals surface area contributed by atoms with Crippen LogP contribution in [0.2, 0.25) is 0 Å². The van der Waals surface area contributed by atoms with Crippen LogP contribution in [0, 0.1) is 6.92 Å². The molecule has 0 aliphatic carbocycles. The molecule has 1 aromatic heterocycles. The number of aromatic nitrogens is 2. The summed E-state index contributed by atoms with van der Waals surface area (Å²) in [6.45, 7) is 2.68. The van der Waals surface area contributed by atoms with E-state index in [-0.39, 0.29) is 12.1 Å². The van der Waals surface area contributed by atoms with Gasteiger partial charge < -0.3 is 14.7 Å². The fraction of sp³-hybridized carbons (Fsp3) is 0.208. The Bertz CT molecular complexity index is 1210. The third kappa shape index (κ3) is 3.41. The van der Waals surface area contributed by atoms with Crippen LogP contribution < -0.4 is 5.32 Å². The second kappa shape index (κ2) is 7.63. The minimum absolute atomic E-state index is 0.149. The first kappa shape index (κ1) is 18.4. The maximum absolute atomic E-state index is 13.1. The molecule has 1 aliphatic heterocycles. The van der Waals surface area contributed by atoms with Crippen molar-refractivity contribution < 1.29 is 9.32 Å². The molecular formula is C24H22N4O2. The van der Waals surface area contributed by atoms with Gasteiger partial charge in [-0.3, -0.25) is 0 Å². The number of benzene rings is 3. The van der Waals surface area contributed by atoms with Gasteiger partial charge in [-0.15, -0.1) is 0 Å². The summed E-state index contributed by atoms with van der Waals surface area (Å²) in [5.41, 5.74) is 2.85. The molecule has 1 fully saturated rings. The lowest BCUT2D eigenvalue weighted by Gasteiger charge is -2.22. The van der Waals surface area contributed by atoms with Crippen LogP contribution in [-0.4, -0.2) is 27.6 Å². The quantitative estimate of drug-likeness (QED) is 0.490. The standard InChI is InChI=1S/C24H22N4O2/c1-16-7-4-10-18(15-16)22-26-23(30-27-22)21-13-6-14-28(21)24(29)25-20-12-5-9-17-8-2-3-11-19(17)20/h2-5,7-12,15,21H,6,13-14H2,1H3,(H,25,29)/t21-/m1/s1. The van der Waals surface area contributed by atoms with Gasteiger partial charge in [0.1, 0.15) is 6.04 Å². The highest BCUT2D eigenvalue weighted by atomic mass is 16.5. The lowest BCUT2D eigenvalue weighted by atomic mass is 10.1. The summed E-state index contributed by atoms with van der Waals surface area (Å²) in [5.74, 6) is 1.03. The molecule has 4 aromatic rings. The summed E-state index contributed by atoms with van der Waals surface area (Å²) in [6.07, 6.45) is 1.70. The third-order valence-electron chi connectivity index (χ3n) is 5.55. The lowest BCUT2D eigenvalue weighted by molar-refractivity contribution is 0.193. The summed E-state index contributed by atoms with van der Waals surface area (Å²) < 4.78 is 5.56. The SMILES string of the molecule is Cc1cccc(-c2noc([C@H]3CCCN3C(=O)Nc3cccc4ccccc34)n2)c1. The number of anilines is 1. The number of amides is 2. The van der Waals surface area contributed by atoms with Gasteiger partial charge in [0.25, 0.3) is 0 Å². The van der Waals surface area contributed by atoms with Crippen molar-refractivity contribution in [3.63, 3.8) is 0 Å². The molecule has 3 aromatic carbocycles. The number of urea groups is 1. The van der Waals surface area contributed by atoms with Gasteiger partial charge in [0.15, 0.2) is 0 Å². The molecule has 30 heavy (non-hydrogen) atoms. The third-order valence-corrected chi connectivity index (χ3v) is 5.55. The number of nitrogens with zero attached hydrogens (tertiary/aromatic N) is 3. The van der Waals surface area contributed by atoms with Crippen molar-refractivity contribution in [2.24, 2.45) is 0 Å². The molecule has 0 bridgehead atoms. The molecule has 1 saturated heterocycles. The molecule has 6 nitrogen and oxygen atoms in total. The van der Waals surface area contributed by atoms with E-state index in [1.165, 1.54) is 0 Å². The average Bonchev–Trinajstić information content (AvgIpc) is 3.44. The van der Waals surface area contributed by atoms with Gasteiger partial charge in [-0.25, -0.2) is 4.79 Å². The molecule has 1 N–H and O–H groups in total. The first-order valence-electron chi connectivity index (χ1n) is 10.1. The molecule has 0 spiro atoms. The normalized spacial score (nSPS) is 16.2. The van der Waals surface area contributed by atoms with E-state index in [1.54, 1.807) is 4.90 Å². The fourth-order valence-corrected chi connectivity index (χ4v) is 4.06. The van der Waals surface area contributed by atoms with E-state index in [0.717, 1.165) is 40.4 Å². The summed E-state index contributed by atoms with van der Waals surface area (Å²) in [6, 6.07) is 21.5. The highest BCUT2D eigenvalue weighted by Gasteiger charge is 2.34. The van der Waals surface area contributed by atoms with Crippen molar-refractivity contribution in [2.45, 2.75) is 25.8 Å². The van der Waals surface area contributed by atoms with Crippen molar-refractivity contribution >= 4 is 22.5 Å². The summed E-state index contributed by atoms with van der Waals surface area (Å²) >= 11 is 0. The van der Waals surface area contributed by atoms with Gasteiger partial charge in [-0.1, -0.05) is 65.3 Å².